The van der Waals surface area contributed by atoms with Gasteiger partial charge < -0.3 is 9.15 Å². The Kier molecular flexibility index (Phi) is 3.24. The number of para-hydroxylation sites is 2. The average molecular weight is 310 g/mol. The van der Waals surface area contributed by atoms with Gasteiger partial charge in [0.05, 0.1) is 22.1 Å². The second-order valence-electron chi connectivity index (χ2n) is 4.46. The van der Waals surface area contributed by atoms with Crippen LogP contribution in [0.3, 0.4) is 0 Å². The summed E-state index contributed by atoms with van der Waals surface area (Å²) in [5, 5.41) is 9.92. The van der Waals surface area contributed by atoms with E-state index >= 15 is 0 Å². The summed E-state index contributed by atoms with van der Waals surface area (Å²) >= 11 is 1.55. The molecule has 7 heteroatoms. The summed E-state index contributed by atoms with van der Waals surface area (Å²) in [6, 6.07) is 11.5. The fourth-order valence-corrected chi connectivity index (χ4v) is 2.60. The van der Waals surface area contributed by atoms with Gasteiger partial charge >= 0.3 is 0 Å². The van der Waals surface area contributed by atoms with Crippen LogP contribution in [-0.4, -0.2) is 20.2 Å². The first-order chi connectivity index (χ1) is 10.9. The number of aromatic nitrogens is 4. The quantitative estimate of drug-likeness (QED) is 0.575. The fraction of sp³-hybridized carbons (Fsp3) is 0.0667. The van der Waals surface area contributed by atoms with Crippen molar-refractivity contribution < 1.29 is 9.15 Å². The fourth-order valence-electron chi connectivity index (χ4n) is 1.96. The Morgan fingerprint density at radius 3 is 2.82 bits per heavy atom. The van der Waals surface area contributed by atoms with Crippen LogP contribution in [0.5, 0.6) is 5.88 Å². The van der Waals surface area contributed by atoms with E-state index in [-0.39, 0.29) is 6.61 Å². The lowest BCUT2D eigenvalue weighted by atomic mass is 10.3. The number of ether oxygens (including phenoxy) is 1. The summed E-state index contributed by atoms with van der Waals surface area (Å²) in [7, 11) is 0. The summed E-state index contributed by atoms with van der Waals surface area (Å²) in [6.45, 7) is 0.158. The predicted octanol–water partition coefficient (Wildman–Crippen LogP) is 3.32. The molecule has 0 N–H and O–H groups in total. The van der Waals surface area contributed by atoms with Gasteiger partial charge in [-0.1, -0.05) is 18.2 Å². The Bertz CT molecular complexity index is 905. The molecule has 4 rings (SSSR count). The van der Waals surface area contributed by atoms with Crippen LogP contribution < -0.4 is 4.74 Å². The van der Waals surface area contributed by atoms with Crippen molar-refractivity contribution in [1.82, 2.24) is 20.2 Å². The molecule has 0 aliphatic heterocycles. The van der Waals surface area contributed by atoms with Crippen molar-refractivity contribution in [2.45, 2.75) is 6.61 Å². The smallest absolute Gasteiger partial charge is 0.257 e. The third-order valence-corrected chi connectivity index (χ3v) is 3.83. The lowest BCUT2D eigenvalue weighted by Gasteiger charge is -2.02. The summed E-state index contributed by atoms with van der Waals surface area (Å²) in [5.74, 6) is 1.33. The van der Waals surface area contributed by atoms with E-state index in [2.05, 4.69) is 20.2 Å². The van der Waals surface area contributed by atoms with Crippen molar-refractivity contribution >= 4 is 22.4 Å². The monoisotopic (exact) mass is 310 g/mol. The van der Waals surface area contributed by atoms with Crippen molar-refractivity contribution in [3.05, 3.63) is 53.9 Å². The molecule has 0 saturated carbocycles. The van der Waals surface area contributed by atoms with Crippen LogP contribution in [0.25, 0.3) is 21.8 Å². The molecular formula is C15H10N4O2S. The Hall–Kier alpha value is -2.80. The van der Waals surface area contributed by atoms with Gasteiger partial charge in [-0.15, -0.1) is 21.5 Å². The van der Waals surface area contributed by atoms with Gasteiger partial charge in [0.2, 0.25) is 5.88 Å². The van der Waals surface area contributed by atoms with Crippen LogP contribution in [0.15, 0.2) is 52.4 Å². The zero-order valence-electron chi connectivity index (χ0n) is 11.3. The third-order valence-electron chi connectivity index (χ3n) is 2.97. The molecule has 3 heterocycles. The van der Waals surface area contributed by atoms with Gasteiger partial charge in [-0.2, -0.15) is 0 Å². The number of thiophene rings is 1. The molecule has 0 unspecified atom stereocenters. The minimum absolute atomic E-state index is 0.158. The topological polar surface area (TPSA) is 73.9 Å². The van der Waals surface area contributed by atoms with Crippen molar-refractivity contribution in [1.29, 1.82) is 0 Å². The van der Waals surface area contributed by atoms with Gasteiger partial charge in [0.1, 0.15) is 0 Å². The van der Waals surface area contributed by atoms with Gasteiger partial charge in [-0.05, 0) is 23.6 Å². The largest absolute Gasteiger partial charge is 0.466 e. The molecule has 3 aromatic heterocycles. The molecule has 0 aliphatic rings. The number of nitrogens with zero attached hydrogens (tertiary/aromatic N) is 4. The molecule has 0 spiro atoms. The zero-order chi connectivity index (χ0) is 14.8. The molecule has 0 aliphatic carbocycles. The Morgan fingerprint density at radius 1 is 1.05 bits per heavy atom. The first-order valence-electron chi connectivity index (χ1n) is 6.59. The third kappa shape index (κ3) is 2.53. The van der Waals surface area contributed by atoms with E-state index in [1.165, 1.54) is 0 Å². The Labute approximate surface area is 129 Å². The van der Waals surface area contributed by atoms with E-state index in [9.17, 15) is 0 Å². The lowest BCUT2D eigenvalue weighted by molar-refractivity contribution is 0.255. The van der Waals surface area contributed by atoms with Crippen LogP contribution in [0.1, 0.15) is 5.89 Å². The molecule has 0 saturated heterocycles. The van der Waals surface area contributed by atoms with Crippen molar-refractivity contribution in [3.63, 3.8) is 0 Å². The van der Waals surface area contributed by atoms with E-state index in [0.717, 1.165) is 15.9 Å². The first kappa shape index (κ1) is 12.9. The number of fused-ring (bicyclic) bond motifs is 1. The highest BCUT2D eigenvalue weighted by Gasteiger charge is 2.10. The molecule has 6 nitrogen and oxygen atoms in total. The standard InChI is InChI=1S/C15H10N4O2S/c1-2-5-11-10(4-1)16-8-13(17-11)20-9-14-18-19-15(21-14)12-6-3-7-22-12/h1-8H,9H2. The molecule has 0 fully saturated rings. The second kappa shape index (κ2) is 5.53. The highest BCUT2D eigenvalue weighted by molar-refractivity contribution is 7.13. The van der Waals surface area contributed by atoms with Crippen molar-refractivity contribution in [3.8, 4) is 16.6 Å². The summed E-state index contributed by atoms with van der Waals surface area (Å²) < 4.78 is 11.1. The van der Waals surface area contributed by atoms with Gasteiger partial charge in [0, 0.05) is 0 Å². The number of hydrogen-bond acceptors (Lipinski definition) is 7. The van der Waals surface area contributed by atoms with Crippen LogP contribution in [0, 0.1) is 0 Å². The molecule has 22 heavy (non-hydrogen) atoms. The van der Waals surface area contributed by atoms with Gasteiger partial charge in [-0.25, -0.2) is 9.97 Å². The zero-order valence-corrected chi connectivity index (χ0v) is 12.2. The predicted molar refractivity (Wildman–Crippen MR) is 81.5 cm³/mol. The molecule has 108 valence electrons. The van der Waals surface area contributed by atoms with E-state index in [1.54, 1.807) is 17.5 Å². The van der Waals surface area contributed by atoms with Crippen molar-refractivity contribution in [2.24, 2.45) is 0 Å². The maximum Gasteiger partial charge on any atom is 0.257 e. The van der Waals surface area contributed by atoms with E-state index in [1.807, 2.05) is 41.8 Å². The lowest BCUT2D eigenvalue weighted by Crippen LogP contribution is -1.98. The molecular weight excluding hydrogens is 300 g/mol. The van der Waals surface area contributed by atoms with Gasteiger partial charge in [0.15, 0.2) is 6.61 Å². The number of benzene rings is 1. The van der Waals surface area contributed by atoms with Crippen LogP contribution in [0.2, 0.25) is 0 Å². The summed E-state index contributed by atoms with van der Waals surface area (Å²) in [5.41, 5.74) is 1.61. The molecule has 1 aromatic carbocycles. The maximum absolute atomic E-state index is 5.56. The average Bonchev–Trinajstić information content (AvgIpc) is 3.24. The Morgan fingerprint density at radius 2 is 1.95 bits per heavy atom. The number of hydrogen-bond donors (Lipinski definition) is 0. The number of rotatable bonds is 4. The van der Waals surface area contributed by atoms with E-state index in [4.69, 9.17) is 9.15 Å². The maximum atomic E-state index is 5.56. The molecule has 4 aromatic rings. The Balaban J connectivity index is 1.49. The summed E-state index contributed by atoms with van der Waals surface area (Å²) in [6.07, 6.45) is 1.58. The molecule has 0 bridgehead atoms. The second-order valence-corrected chi connectivity index (χ2v) is 5.41. The SMILES string of the molecule is c1csc(-c2nnc(COc3cnc4ccccc4n3)o2)c1. The van der Waals surface area contributed by atoms with Crippen molar-refractivity contribution in [2.75, 3.05) is 0 Å². The van der Waals surface area contributed by atoms with Gasteiger partial charge in [0.25, 0.3) is 11.8 Å². The van der Waals surface area contributed by atoms with E-state index < -0.39 is 0 Å². The highest BCUT2D eigenvalue weighted by Crippen LogP contribution is 2.23. The molecule has 0 radical (unpaired) electrons. The van der Waals surface area contributed by atoms with Crippen LogP contribution in [-0.2, 0) is 6.61 Å². The van der Waals surface area contributed by atoms with Crippen LogP contribution in [0.4, 0.5) is 0 Å². The molecule has 0 atom stereocenters. The van der Waals surface area contributed by atoms with Crippen LogP contribution >= 0.6 is 11.3 Å². The highest BCUT2D eigenvalue weighted by atomic mass is 32.1. The molecule has 0 amide bonds. The normalized spacial score (nSPS) is 10.9. The minimum Gasteiger partial charge on any atom is -0.466 e. The minimum atomic E-state index is 0.158. The van der Waals surface area contributed by atoms with Gasteiger partial charge in [-0.3, -0.25) is 0 Å². The van der Waals surface area contributed by atoms with E-state index in [0.29, 0.717) is 17.7 Å². The summed E-state index contributed by atoms with van der Waals surface area (Å²) in [4.78, 5) is 9.60. The first-order valence-corrected chi connectivity index (χ1v) is 7.47.